The van der Waals surface area contributed by atoms with Crippen LogP contribution in [0.5, 0.6) is 0 Å². The van der Waals surface area contributed by atoms with Gasteiger partial charge in [-0.1, -0.05) is 0 Å². The topological polar surface area (TPSA) is 50.4 Å². The predicted molar refractivity (Wildman–Crippen MR) is 57.3 cm³/mol. The first-order valence-electron chi connectivity index (χ1n) is 5.19. The van der Waals surface area contributed by atoms with Crippen molar-refractivity contribution in [3.63, 3.8) is 0 Å². The molecule has 0 atom stereocenters. The molecule has 0 unspecified atom stereocenters. The lowest BCUT2D eigenvalue weighted by molar-refractivity contribution is -0.127. The van der Waals surface area contributed by atoms with E-state index < -0.39 is 0 Å². The lowest BCUT2D eigenvalue weighted by Crippen LogP contribution is -2.29. The molecule has 0 heterocycles. The SMILES string of the molecule is CNCCCCNC(=O)COC(C)C. The molecule has 0 aliphatic heterocycles. The monoisotopic (exact) mass is 202 g/mol. The zero-order valence-electron chi connectivity index (χ0n) is 9.43. The fraction of sp³-hybridized carbons (Fsp3) is 0.900. The smallest absolute Gasteiger partial charge is 0.246 e. The molecule has 0 saturated heterocycles. The van der Waals surface area contributed by atoms with Crippen molar-refractivity contribution >= 4 is 5.91 Å². The average molecular weight is 202 g/mol. The molecule has 0 radical (unpaired) electrons. The van der Waals surface area contributed by atoms with E-state index in [1.807, 2.05) is 20.9 Å². The lowest BCUT2D eigenvalue weighted by Gasteiger charge is -2.08. The highest BCUT2D eigenvalue weighted by atomic mass is 16.5. The van der Waals surface area contributed by atoms with Crippen molar-refractivity contribution in [2.45, 2.75) is 32.8 Å². The highest BCUT2D eigenvalue weighted by Crippen LogP contribution is 1.87. The van der Waals surface area contributed by atoms with Gasteiger partial charge in [0.2, 0.25) is 5.91 Å². The van der Waals surface area contributed by atoms with Gasteiger partial charge >= 0.3 is 0 Å². The highest BCUT2D eigenvalue weighted by Gasteiger charge is 2.01. The maximum atomic E-state index is 11.1. The Morgan fingerprint density at radius 3 is 2.50 bits per heavy atom. The third-order valence-corrected chi connectivity index (χ3v) is 1.72. The number of ether oxygens (including phenoxy) is 1. The van der Waals surface area contributed by atoms with Crippen molar-refractivity contribution < 1.29 is 9.53 Å². The Bertz CT molecular complexity index is 149. The maximum Gasteiger partial charge on any atom is 0.246 e. The van der Waals surface area contributed by atoms with Crippen molar-refractivity contribution in [1.82, 2.24) is 10.6 Å². The van der Waals surface area contributed by atoms with Crippen LogP contribution < -0.4 is 10.6 Å². The summed E-state index contributed by atoms with van der Waals surface area (Å²) in [7, 11) is 1.93. The van der Waals surface area contributed by atoms with Gasteiger partial charge in [-0.3, -0.25) is 4.79 Å². The molecule has 0 aliphatic carbocycles. The first-order chi connectivity index (χ1) is 6.66. The third kappa shape index (κ3) is 9.48. The molecule has 4 heteroatoms. The molecular formula is C10H22N2O2. The van der Waals surface area contributed by atoms with E-state index in [0.717, 1.165) is 25.9 Å². The van der Waals surface area contributed by atoms with Gasteiger partial charge in [0.15, 0.2) is 0 Å². The van der Waals surface area contributed by atoms with Crippen molar-refractivity contribution in [2.75, 3.05) is 26.7 Å². The zero-order chi connectivity index (χ0) is 10.8. The Kier molecular flexibility index (Phi) is 8.57. The normalized spacial score (nSPS) is 10.6. The van der Waals surface area contributed by atoms with E-state index in [4.69, 9.17) is 4.74 Å². The van der Waals surface area contributed by atoms with E-state index in [1.54, 1.807) is 0 Å². The number of hydrogen-bond acceptors (Lipinski definition) is 3. The van der Waals surface area contributed by atoms with E-state index >= 15 is 0 Å². The Morgan fingerprint density at radius 1 is 1.29 bits per heavy atom. The standard InChI is InChI=1S/C10H22N2O2/c1-9(2)14-8-10(13)12-7-5-4-6-11-3/h9,11H,4-8H2,1-3H3,(H,12,13). The summed E-state index contributed by atoms with van der Waals surface area (Å²) >= 11 is 0. The van der Waals surface area contributed by atoms with Gasteiger partial charge in [0.05, 0.1) is 6.10 Å². The number of amides is 1. The second kappa shape index (κ2) is 8.97. The molecule has 0 rings (SSSR count). The molecular weight excluding hydrogens is 180 g/mol. The first-order valence-corrected chi connectivity index (χ1v) is 5.19. The summed E-state index contributed by atoms with van der Waals surface area (Å²) in [5.41, 5.74) is 0. The summed E-state index contributed by atoms with van der Waals surface area (Å²) in [4.78, 5) is 11.1. The third-order valence-electron chi connectivity index (χ3n) is 1.72. The summed E-state index contributed by atoms with van der Waals surface area (Å²) in [6.07, 6.45) is 2.21. The van der Waals surface area contributed by atoms with Gasteiger partial charge in [-0.15, -0.1) is 0 Å². The highest BCUT2D eigenvalue weighted by molar-refractivity contribution is 5.77. The fourth-order valence-corrected chi connectivity index (χ4v) is 0.948. The maximum absolute atomic E-state index is 11.1. The van der Waals surface area contributed by atoms with Crippen molar-refractivity contribution in [3.05, 3.63) is 0 Å². The zero-order valence-corrected chi connectivity index (χ0v) is 9.43. The predicted octanol–water partition coefficient (Wildman–Crippen LogP) is 0.527. The quantitative estimate of drug-likeness (QED) is 0.564. The van der Waals surface area contributed by atoms with Gasteiger partial charge in [0.25, 0.3) is 0 Å². The summed E-state index contributed by atoms with van der Waals surface area (Å²) in [5, 5.41) is 5.86. The molecule has 0 aromatic carbocycles. The number of carbonyl (C=O) groups is 1. The Labute approximate surface area is 86.4 Å². The van der Waals surface area contributed by atoms with Crippen LogP contribution in [-0.2, 0) is 9.53 Å². The molecule has 84 valence electrons. The number of rotatable bonds is 8. The molecule has 0 spiro atoms. The molecule has 0 fully saturated rings. The van der Waals surface area contributed by atoms with Crippen LogP contribution in [0.1, 0.15) is 26.7 Å². The van der Waals surface area contributed by atoms with Gasteiger partial charge in [0.1, 0.15) is 6.61 Å². The summed E-state index contributed by atoms with van der Waals surface area (Å²) < 4.78 is 5.16. The summed E-state index contributed by atoms with van der Waals surface area (Å²) in [6, 6.07) is 0. The van der Waals surface area contributed by atoms with Crippen LogP contribution in [0.2, 0.25) is 0 Å². The van der Waals surface area contributed by atoms with E-state index in [-0.39, 0.29) is 18.6 Å². The molecule has 0 bridgehead atoms. The van der Waals surface area contributed by atoms with Gasteiger partial charge in [-0.2, -0.15) is 0 Å². The van der Waals surface area contributed by atoms with Crippen LogP contribution in [-0.4, -0.2) is 38.8 Å². The number of unbranched alkanes of at least 4 members (excludes halogenated alkanes) is 1. The molecule has 2 N–H and O–H groups in total. The molecule has 0 aromatic heterocycles. The van der Waals surface area contributed by atoms with E-state index in [9.17, 15) is 4.79 Å². The van der Waals surface area contributed by atoms with Crippen LogP contribution in [0.25, 0.3) is 0 Å². The molecule has 14 heavy (non-hydrogen) atoms. The molecule has 0 aromatic rings. The molecule has 1 amide bonds. The van der Waals surface area contributed by atoms with Crippen LogP contribution in [0.3, 0.4) is 0 Å². The average Bonchev–Trinajstić information content (AvgIpc) is 2.14. The Hall–Kier alpha value is -0.610. The fourth-order valence-electron chi connectivity index (χ4n) is 0.948. The van der Waals surface area contributed by atoms with Crippen molar-refractivity contribution in [1.29, 1.82) is 0 Å². The van der Waals surface area contributed by atoms with E-state index in [2.05, 4.69) is 10.6 Å². The number of nitrogens with one attached hydrogen (secondary N) is 2. The molecule has 4 nitrogen and oxygen atoms in total. The minimum atomic E-state index is -0.0249. The minimum Gasteiger partial charge on any atom is -0.369 e. The largest absolute Gasteiger partial charge is 0.369 e. The second-order valence-electron chi connectivity index (χ2n) is 3.52. The minimum absolute atomic E-state index is 0.0249. The number of hydrogen-bond donors (Lipinski definition) is 2. The van der Waals surface area contributed by atoms with Gasteiger partial charge < -0.3 is 15.4 Å². The van der Waals surface area contributed by atoms with Crippen LogP contribution in [0.15, 0.2) is 0 Å². The van der Waals surface area contributed by atoms with Gasteiger partial charge in [-0.25, -0.2) is 0 Å². The van der Waals surface area contributed by atoms with Crippen LogP contribution in [0, 0.1) is 0 Å². The Morgan fingerprint density at radius 2 is 1.93 bits per heavy atom. The summed E-state index contributed by atoms with van der Waals surface area (Å²) in [5.74, 6) is -0.0249. The van der Waals surface area contributed by atoms with Gasteiger partial charge in [0, 0.05) is 6.54 Å². The van der Waals surface area contributed by atoms with Crippen molar-refractivity contribution in [2.24, 2.45) is 0 Å². The van der Waals surface area contributed by atoms with E-state index in [1.165, 1.54) is 0 Å². The van der Waals surface area contributed by atoms with Crippen LogP contribution in [0.4, 0.5) is 0 Å². The first kappa shape index (κ1) is 13.4. The summed E-state index contributed by atoms with van der Waals surface area (Å²) in [6.45, 7) is 5.74. The number of carbonyl (C=O) groups excluding carboxylic acids is 1. The second-order valence-corrected chi connectivity index (χ2v) is 3.52. The van der Waals surface area contributed by atoms with Crippen molar-refractivity contribution in [3.8, 4) is 0 Å². The van der Waals surface area contributed by atoms with Crippen LogP contribution >= 0.6 is 0 Å². The lowest BCUT2D eigenvalue weighted by atomic mass is 10.3. The van der Waals surface area contributed by atoms with E-state index in [0.29, 0.717) is 0 Å². The molecule has 0 saturated carbocycles. The van der Waals surface area contributed by atoms with Gasteiger partial charge in [-0.05, 0) is 40.3 Å². The molecule has 0 aliphatic rings. The Balaban J connectivity index is 3.18.